The summed E-state index contributed by atoms with van der Waals surface area (Å²) in [7, 11) is 0. The van der Waals surface area contributed by atoms with Crippen molar-refractivity contribution < 1.29 is 20.9 Å². The summed E-state index contributed by atoms with van der Waals surface area (Å²) >= 11 is 0. The van der Waals surface area contributed by atoms with E-state index in [1.165, 1.54) is 6.92 Å². The first-order chi connectivity index (χ1) is 12.9. The summed E-state index contributed by atoms with van der Waals surface area (Å²) in [5.74, 6) is -2.45. The van der Waals surface area contributed by atoms with Crippen molar-refractivity contribution in [2.75, 3.05) is 0 Å². The Labute approximate surface area is 153 Å². The zero-order valence-electron chi connectivity index (χ0n) is 15.5. The van der Waals surface area contributed by atoms with Crippen LogP contribution in [0.1, 0.15) is 18.1 Å². The van der Waals surface area contributed by atoms with Gasteiger partial charge in [0.25, 0.3) is 0 Å². The number of nitrogens with one attached hydrogen (secondary N) is 2. The van der Waals surface area contributed by atoms with Crippen LogP contribution >= 0.6 is 0 Å². The summed E-state index contributed by atoms with van der Waals surface area (Å²) in [6, 6.07) is 15.6. The van der Waals surface area contributed by atoms with E-state index in [-0.39, 0.29) is 12.8 Å². The predicted molar refractivity (Wildman–Crippen MR) is 97.5 cm³/mol. The minimum absolute atomic E-state index is 0.109. The fourth-order valence-corrected chi connectivity index (χ4v) is 2.57. The summed E-state index contributed by atoms with van der Waals surface area (Å²) in [5, 5.41) is 12.5. The van der Waals surface area contributed by atoms with E-state index in [1.54, 1.807) is 48.5 Å². The Morgan fingerprint density at radius 3 is 1.81 bits per heavy atom. The van der Waals surface area contributed by atoms with Gasteiger partial charge in [0, 0.05) is 19.8 Å². The van der Waals surface area contributed by atoms with Crippen molar-refractivity contribution in [1.82, 2.24) is 10.6 Å². The van der Waals surface area contributed by atoms with E-state index in [9.17, 15) is 19.5 Å². The molecular formula is C20H22N2O4. The third-order valence-corrected chi connectivity index (χ3v) is 3.81. The van der Waals surface area contributed by atoms with E-state index in [0.29, 0.717) is 5.31 Å². The highest BCUT2D eigenvalue weighted by atomic mass is 16.4. The summed E-state index contributed by atoms with van der Waals surface area (Å²) in [6.45, 7) is 1.19. The Morgan fingerprint density at radius 2 is 1.38 bits per heavy atom. The number of carboxylic acids is 1. The Bertz CT molecular complexity index is 783. The van der Waals surface area contributed by atoms with Crippen molar-refractivity contribution in [3.63, 3.8) is 0 Å². The van der Waals surface area contributed by atoms with Gasteiger partial charge in [-0.25, -0.2) is 4.79 Å². The highest BCUT2D eigenvalue weighted by molar-refractivity contribution is 5.90. The van der Waals surface area contributed by atoms with Gasteiger partial charge in [-0.2, -0.15) is 0 Å². The van der Waals surface area contributed by atoms with Crippen molar-refractivity contribution in [3.05, 3.63) is 71.8 Å². The standard InChI is InChI=1S/C20H22N2O4/c1-14(23)21-17(12-15-8-4-2-5-9-15)19(24)22-18(20(25)26)13-16-10-6-3-7-11-16/h2-11,17-18H,12-13H2,1H3,(H,21,23)(H,22,24)(H,25,26)/t17-,18-/m0/s1/i/hD. The molecule has 6 nitrogen and oxygen atoms in total. The molecular weight excluding hydrogens is 332 g/mol. The lowest BCUT2D eigenvalue weighted by molar-refractivity contribution is -0.142. The Morgan fingerprint density at radius 1 is 0.923 bits per heavy atom. The Kier molecular flexibility index (Phi) is 6.36. The van der Waals surface area contributed by atoms with Gasteiger partial charge < -0.3 is 15.7 Å². The van der Waals surface area contributed by atoms with Crippen molar-refractivity contribution in [1.29, 1.82) is 0 Å². The number of benzene rings is 2. The van der Waals surface area contributed by atoms with Crippen LogP contribution in [-0.4, -0.2) is 35.0 Å². The van der Waals surface area contributed by atoms with Gasteiger partial charge in [0.05, 0.1) is 0 Å². The summed E-state index contributed by atoms with van der Waals surface area (Å²) < 4.78 is 7.91. The molecule has 0 aromatic heterocycles. The molecule has 2 aromatic rings. The minimum atomic E-state index is -1.18. The average Bonchev–Trinajstić information content (AvgIpc) is 2.66. The smallest absolute Gasteiger partial charge is 0.326 e. The van der Waals surface area contributed by atoms with Gasteiger partial charge in [0.15, 0.2) is 1.41 Å². The first-order valence-corrected chi connectivity index (χ1v) is 8.28. The largest absolute Gasteiger partial charge is 0.480 e. The number of hydrogen-bond donors (Lipinski definition) is 3. The van der Waals surface area contributed by atoms with Gasteiger partial charge in [0.1, 0.15) is 12.1 Å². The van der Waals surface area contributed by atoms with Crippen molar-refractivity contribution in [2.45, 2.75) is 31.8 Å². The first kappa shape index (κ1) is 17.7. The Hall–Kier alpha value is -3.15. The minimum Gasteiger partial charge on any atom is -0.480 e. The first-order valence-electron chi connectivity index (χ1n) is 8.73. The van der Waals surface area contributed by atoms with Crippen LogP contribution in [0.15, 0.2) is 60.7 Å². The second kappa shape index (κ2) is 9.36. The van der Waals surface area contributed by atoms with Gasteiger partial charge in [-0.15, -0.1) is 0 Å². The zero-order valence-corrected chi connectivity index (χ0v) is 14.5. The van der Waals surface area contributed by atoms with Gasteiger partial charge in [-0.1, -0.05) is 60.7 Å². The molecule has 136 valence electrons. The van der Waals surface area contributed by atoms with Gasteiger partial charge >= 0.3 is 5.97 Å². The number of carbonyl (C=O) groups is 3. The van der Waals surface area contributed by atoms with Crippen molar-refractivity contribution in [3.8, 4) is 0 Å². The number of hydrogen-bond acceptors (Lipinski definition) is 3. The third kappa shape index (κ3) is 6.05. The van der Waals surface area contributed by atoms with Crippen LogP contribution in [0.4, 0.5) is 0 Å². The molecule has 2 aromatic carbocycles. The third-order valence-electron chi connectivity index (χ3n) is 3.81. The molecule has 0 aliphatic rings. The molecule has 0 aliphatic carbocycles. The van der Waals surface area contributed by atoms with Crippen LogP contribution in [0, 0.1) is 0 Å². The number of carbonyl (C=O) groups excluding carboxylic acids is 2. The van der Waals surface area contributed by atoms with E-state index in [4.69, 9.17) is 1.41 Å². The maximum Gasteiger partial charge on any atom is 0.326 e. The van der Waals surface area contributed by atoms with Crippen LogP contribution in [0.25, 0.3) is 0 Å². The van der Waals surface area contributed by atoms with E-state index < -0.39 is 29.9 Å². The molecule has 0 fully saturated rings. The molecule has 2 atom stereocenters. The van der Waals surface area contributed by atoms with Gasteiger partial charge in [-0.3, -0.25) is 9.59 Å². The average molecular weight is 355 g/mol. The lowest BCUT2D eigenvalue weighted by Gasteiger charge is -2.21. The molecule has 0 bridgehead atoms. The molecule has 0 saturated heterocycles. The quantitative estimate of drug-likeness (QED) is 0.669. The molecule has 0 saturated carbocycles. The van der Waals surface area contributed by atoms with Gasteiger partial charge in [0.2, 0.25) is 11.8 Å². The number of amides is 2. The van der Waals surface area contributed by atoms with Crippen molar-refractivity contribution >= 4 is 17.8 Å². The normalized spacial score (nSPS) is 13.2. The van der Waals surface area contributed by atoms with Crippen LogP contribution < -0.4 is 10.6 Å². The maximum absolute atomic E-state index is 12.7. The van der Waals surface area contributed by atoms with E-state index in [2.05, 4.69) is 5.32 Å². The SMILES string of the molecule is [2H]N(C(C)=O)[C@@H](Cc1ccccc1)C(=O)N[C@@H](Cc1ccccc1)C(=O)O. The number of rotatable bonds is 8. The highest BCUT2D eigenvalue weighted by Gasteiger charge is 2.26. The molecule has 6 heteroatoms. The second-order valence-electron chi connectivity index (χ2n) is 5.94. The molecule has 3 N–H and O–H groups in total. The van der Waals surface area contributed by atoms with E-state index >= 15 is 0 Å². The molecule has 2 rings (SSSR count). The number of carboxylic acid groups (broad SMARTS) is 1. The second-order valence-corrected chi connectivity index (χ2v) is 5.94. The molecule has 0 radical (unpaired) electrons. The predicted octanol–water partition coefficient (Wildman–Crippen LogP) is 1.55. The fraction of sp³-hybridized carbons (Fsp3) is 0.250. The molecule has 2 amide bonds. The maximum atomic E-state index is 12.7. The molecule has 0 spiro atoms. The molecule has 0 unspecified atom stereocenters. The highest BCUT2D eigenvalue weighted by Crippen LogP contribution is 2.07. The monoisotopic (exact) mass is 355 g/mol. The topological polar surface area (TPSA) is 95.5 Å². The van der Waals surface area contributed by atoms with Crippen LogP contribution in [0.5, 0.6) is 0 Å². The fourth-order valence-electron chi connectivity index (χ4n) is 2.57. The van der Waals surface area contributed by atoms with Crippen LogP contribution in [-0.2, 0) is 27.2 Å². The lowest BCUT2D eigenvalue weighted by Crippen LogP contribution is -2.52. The van der Waals surface area contributed by atoms with Crippen molar-refractivity contribution in [2.24, 2.45) is 0 Å². The summed E-state index contributed by atoms with van der Waals surface area (Å²) in [6.07, 6.45) is 0.228. The zero-order chi connectivity index (χ0) is 19.8. The summed E-state index contributed by atoms with van der Waals surface area (Å²) in [5.41, 5.74) is 1.53. The van der Waals surface area contributed by atoms with E-state index in [1.807, 2.05) is 12.1 Å². The number of aliphatic carboxylic acids is 1. The van der Waals surface area contributed by atoms with Crippen LogP contribution in [0.2, 0.25) is 1.41 Å². The lowest BCUT2D eigenvalue weighted by atomic mass is 10.0. The molecule has 0 heterocycles. The summed E-state index contributed by atoms with van der Waals surface area (Å²) in [4.78, 5) is 35.9. The molecule has 0 aliphatic heterocycles. The van der Waals surface area contributed by atoms with Crippen LogP contribution in [0.3, 0.4) is 0 Å². The molecule has 26 heavy (non-hydrogen) atoms. The Balaban J connectivity index is 2.16. The van der Waals surface area contributed by atoms with E-state index in [0.717, 1.165) is 11.1 Å². The van der Waals surface area contributed by atoms with Gasteiger partial charge in [-0.05, 0) is 11.1 Å².